The molecule has 0 saturated carbocycles. The molecule has 2 aromatic carbocycles. The average molecular weight is 331 g/mol. The fourth-order valence-corrected chi connectivity index (χ4v) is 1.73. The van der Waals surface area contributed by atoms with Crippen molar-refractivity contribution in [2.24, 2.45) is 5.10 Å². The average Bonchev–Trinajstić information content (AvgIpc) is 2.58. The summed E-state index contributed by atoms with van der Waals surface area (Å²) < 4.78 is 18.3. The standard InChI is InChI=1S/C16H14FN3O4/c1-24-14-8-10(6-7-13(14)21)9-18-20-16(23)15(22)19-12-5-3-2-4-11(12)17/h2-9,21H,1H3,(H,19,22)(H,20,23)/b18-9-. The molecular weight excluding hydrogens is 317 g/mol. The zero-order valence-electron chi connectivity index (χ0n) is 12.6. The molecule has 0 aliphatic heterocycles. The first-order chi connectivity index (χ1) is 11.5. The number of hydrogen-bond donors (Lipinski definition) is 3. The molecule has 3 N–H and O–H groups in total. The fourth-order valence-electron chi connectivity index (χ4n) is 1.73. The minimum absolute atomic E-state index is 0.0389. The van der Waals surface area contributed by atoms with Gasteiger partial charge in [0, 0.05) is 0 Å². The molecule has 2 aromatic rings. The molecule has 0 aliphatic carbocycles. The van der Waals surface area contributed by atoms with E-state index < -0.39 is 17.6 Å². The molecule has 0 fully saturated rings. The molecule has 8 heteroatoms. The number of methoxy groups -OCH3 is 1. The second kappa shape index (κ2) is 7.73. The number of amides is 2. The molecule has 0 saturated heterocycles. The molecule has 24 heavy (non-hydrogen) atoms. The van der Waals surface area contributed by atoms with Crippen LogP contribution in [0.15, 0.2) is 47.6 Å². The first-order valence-corrected chi connectivity index (χ1v) is 6.77. The van der Waals surface area contributed by atoms with E-state index in [1.54, 1.807) is 0 Å². The Labute approximate surface area is 136 Å². The summed E-state index contributed by atoms with van der Waals surface area (Å²) in [6.07, 6.45) is 1.26. The summed E-state index contributed by atoms with van der Waals surface area (Å²) in [6.45, 7) is 0. The molecular formula is C16H14FN3O4. The maximum atomic E-state index is 13.4. The highest BCUT2D eigenvalue weighted by molar-refractivity contribution is 6.39. The quantitative estimate of drug-likeness (QED) is 0.450. The number of hydrogen-bond acceptors (Lipinski definition) is 5. The number of phenolic OH excluding ortho intramolecular Hbond substituents is 1. The van der Waals surface area contributed by atoms with Gasteiger partial charge < -0.3 is 15.2 Å². The number of rotatable bonds is 4. The van der Waals surface area contributed by atoms with Crippen molar-refractivity contribution in [1.82, 2.24) is 5.43 Å². The normalized spacial score (nSPS) is 10.4. The van der Waals surface area contributed by atoms with Crippen LogP contribution < -0.4 is 15.5 Å². The van der Waals surface area contributed by atoms with E-state index in [0.717, 1.165) is 6.07 Å². The molecule has 0 aromatic heterocycles. The van der Waals surface area contributed by atoms with E-state index in [-0.39, 0.29) is 17.2 Å². The van der Waals surface area contributed by atoms with Crippen LogP contribution in [0, 0.1) is 5.82 Å². The van der Waals surface area contributed by atoms with Crippen molar-refractivity contribution in [3.8, 4) is 11.5 Å². The van der Waals surface area contributed by atoms with Crippen LogP contribution in [0.1, 0.15) is 5.56 Å². The predicted octanol–water partition coefficient (Wildman–Crippen LogP) is 1.63. The van der Waals surface area contributed by atoms with E-state index in [0.29, 0.717) is 5.56 Å². The number of aromatic hydroxyl groups is 1. The van der Waals surface area contributed by atoms with Crippen LogP contribution in [-0.2, 0) is 9.59 Å². The van der Waals surface area contributed by atoms with Gasteiger partial charge in [-0.15, -0.1) is 0 Å². The van der Waals surface area contributed by atoms with Gasteiger partial charge in [-0.1, -0.05) is 12.1 Å². The zero-order chi connectivity index (χ0) is 17.5. The van der Waals surface area contributed by atoms with Gasteiger partial charge in [0.25, 0.3) is 0 Å². The third kappa shape index (κ3) is 4.29. The highest BCUT2D eigenvalue weighted by Crippen LogP contribution is 2.25. The van der Waals surface area contributed by atoms with Crippen LogP contribution in [0.2, 0.25) is 0 Å². The number of para-hydroxylation sites is 1. The summed E-state index contributed by atoms with van der Waals surface area (Å²) in [4.78, 5) is 23.2. The lowest BCUT2D eigenvalue weighted by molar-refractivity contribution is -0.136. The number of carbonyl (C=O) groups excluding carboxylic acids is 2. The molecule has 0 heterocycles. The second-order valence-electron chi connectivity index (χ2n) is 4.56. The number of hydrazone groups is 1. The van der Waals surface area contributed by atoms with Crippen molar-refractivity contribution in [1.29, 1.82) is 0 Å². The van der Waals surface area contributed by atoms with E-state index >= 15 is 0 Å². The van der Waals surface area contributed by atoms with E-state index in [2.05, 4.69) is 10.4 Å². The number of halogens is 1. The highest BCUT2D eigenvalue weighted by atomic mass is 19.1. The Balaban J connectivity index is 1.95. The van der Waals surface area contributed by atoms with Crippen LogP contribution in [-0.4, -0.2) is 30.2 Å². The van der Waals surface area contributed by atoms with E-state index in [1.165, 1.54) is 49.7 Å². The van der Waals surface area contributed by atoms with Gasteiger partial charge in [0.1, 0.15) is 5.82 Å². The first-order valence-electron chi connectivity index (χ1n) is 6.77. The fraction of sp³-hybridized carbons (Fsp3) is 0.0625. The maximum absolute atomic E-state index is 13.4. The first kappa shape index (κ1) is 16.9. The number of benzene rings is 2. The van der Waals surface area contributed by atoms with Gasteiger partial charge in [-0.25, -0.2) is 9.82 Å². The minimum Gasteiger partial charge on any atom is -0.504 e. The molecule has 0 unspecified atom stereocenters. The van der Waals surface area contributed by atoms with Crippen LogP contribution in [0.3, 0.4) is 0 Å². The van der Waals surface area contributed by atoms with Crippen molar-refractivity contribution in [3.05, 3.63) is 53.8 Å². The zero-order valence-corrected chi connectivity index (χ0v) is 12.6. The summed E-state index contributed by atoms with van der Waals surface area (Å²) in [5, 5.41) is 15.2. The number of nitrogens with zero attached hydrogens (tertiary/aromatic N) is 1. The molecule has 0 spiro atoms. The molecule has 0 aliphatic rings. The Morgan fingerprint density at radius 2 is 1.96 bits per heavy atom. The molecule has 0 bridgehead atoms. The lowest BCUT2D eigenvalue weighted by atomic mass is 10.2. The minimum atomic E-state index is -1.06. The summed E-state index contributed by atoms with van der Waals surface area (Å²) in [7, 11) is 1.39. The topological polar surface area (TPSA) is 100 Å². The van der Waals surface area contributed by atoms with Crippen LogP contribution >= 0.6 is 0 Å². The molecule has 0 atom stereocenters. The Hall–Kier alpha value is -3.42. The lowest BCUT2D eigenvalue weighted by Gasteiger charge is -2.05. The molecule has 0 radical (unpaired) electrons. The third-order valence-electron chi connectivity index (χ3n) is 2.91. The second-order valence-corrected chi connectivity index (χ2v) is 4.56. The third-order valence-corrected chi connectivity index (χ3v) is 2.91. The lowest BCUT2D eigenvalue weighted by Crippen LogP contribution is -2.32. The number of carbonyl (C=O) groups is 2. The van der Waals surface area contributed by atoms with Crippen molar-refractivity contribution in [2.45, 2.75) is 0 Å². The van der Waals surface area contributed by atoms with Gasteiger partial charge in [-0.2, -0.15) is 5.10 Å². The smallest absolute Gasteiger partial charge is 0.329 e. The summed E-state index contributed by atoms with van der Waals surface area (Å²) in [5.74, 6) is -2.57. The Morgan fingerprint density at radius 3 is 2.67 bits per heavy atom. The van der Waals surface area contributed by atoms with E-state index in [4.69, 9.17) is 4.74 Å². The summed E-state index contributed by atoms with van der Waals surface area (Å²) in [5.41, 5.74) is 2.44. The molecule has 7 nitrogen and oxygen atoms in total. The summed E-state index contributed by atoms with van der Waals surface area (Å²) in [6, 6.07) is 9.88. The monoisotopic (exact) mass is 331 g/mol. The van der Waals surface area contributed by atoms with Gasteiger partial charge >= 0.3 is 11.8 Å². The molecule has 2 amide bonds. The van der Waals surface area contributed by atoms with Gasteiger partial charge in [0.05, 0.1) is 19.0 Å². The largest absolute Gasteiger partial charge is 0.504 e. The molecule has 2 rings (SSSR count). The van der Waals surface area contributed by atoms with E-state index in [1.807, 2.05) is 5.43 Å². The Morgan fingerprint density at radius 1 is 1.21 bits per heavy atom. The number of nitrogens with one attached hydrogen (secondary N) is 2. The Bertz CT molecular complexity index is 793. The highest BCUT2D eigenvalue weighted by Gasteiger charge is 2.14. The van der Waals surface area contributed by atoms with Crippen molar-refractivity contribution in [2.75, 3.05) is 12.4 Å². The van der Waals surface area contributed by atoms with E-state index in [9.17, 15) is 19.1 Å². The van der Waals surface area contributed by atoms with Gasteiger partial charge in [-0.05, 0) is 35.9 Å². The van der Waals surface area contributed by atoms with Gasteiger partial charge in [-0.3, -0.25) is 9.59 Å². The molecule has 124 valence electrons. The summed E-state index contributed by atoms with van der Waals surface area (Å²) >= 11 is 0. The van der Waals surface area contributed by atoms with Crippen LogP contribution in [0.25, 0.3) is 0 Å². The van der Waals surface area contributed by atoms with Crippen LogP contribution in [0.5, 0.6) is 11.5 Å². The van der Waals surface area contributed by atoms with Crippen molar-refractivity contribution < 1.29 is 23.8 Å². The van der Waals surface area contributed by atoms with Crippen molar-refractivity contribution >= 4 is 23.7 Å². The predicted molar refractivity (Wildman–Crippen MR) is 85.4 cm³/mol. The Kier molecular flexibility index (Phi) is 5.45. The SMILES string of the molecule is COc1cc(/C=N\NC(=O)C(=O)Nc2ccccc2F)ccc1O. The number of ether oxygens (including phenoxy) is 1. The van der Waals surface area contributed by atoms with Gasteiger partial charge in [0.15, 0.2) is 11.5 Å². The number of phenols is 1. The van der Waals surface area contributed by atoms with Crippen molar-refractivity contribution in [3.63, 3.8) is 0 Å². The maximum Gasteiger partial charge on any atom is 0.329 e. The van der Waals surface area contributed by atoms with Gasteiger partial charge in [0.2, 0.25) is 0 Å². The number of anilines is 1. The van der Waals surface area contributed by atoms with Crippen LogP contribution in [0.4, 0.5) is 10.1 Å².